The van der Waals surface area contributed by atoms with E-state index in [0.29, 0.717) is 11.0 Å². The molecule has 0 aliphatic carbocycles. The minimum absolute atomic E-state index is 0. The fourth-order valence-corrected chi connectivity index (χ4v) is 4.04. The second kappa shape index (κ2) is 17.1. The number of carbonyl (C=O) groups excluding carboxylic acids is 1. The van der Waals surface area contributed by atoms with Gasteiger partial charge in [-0.05, 0) is 38.5 Å². The van der Waals surface area contributed by atoms with Crippen LogP contribution in [0.4, 0.5) is 0 Å². The summed E-state index contributed by atoms with van der Waals surface area (Å²) >= 11 is 0. The van der Waals surface area contributed by atoms with Gasteiger partial charge in [-0.3, -0.25) is 10.9 Å². The van der Waals surface area contributed by atoms with Crippen molar-refractivity contribution in [1.82, 2.24) is 0 Å². The minimum atomic E-state index is 0. The molecule has 0 unspecified atom stereocenters. The summed E-state index contributed by atoms with van der Waals surface area (Å²) < 4.78 is 5.37. The molecule has 2 nitrogen and oxygen atoms in total. The maximum atomic E-state index is 11.4. The Bertz CT molecular complexity index is 731. The van der Waals surface area contributed by atoms with Crippen molar-refractivity contribution in [3.05, 3.63) is 77.3 Å². The van der Waals surface area contributed by atoms with Gasteiger partial charge in [-0.15, -0.1) is 19.1 Å². The Morgan fingerprint density at radius 1 is 1.22 bits per heavy atom. The molecule has 0 bridgehead atoms. The van der Waals surface area contributed by atoms with Crippen molar-refractivity contribution in [3.63, 3.8) is 0 Å². The summed E-state index contributed by atoms with van der Waals surface area (Å²) in [5.41, 5.74) is 4.76. The largest absolute Gasteiger partial charge is 1.00 e. The standard InChI is InChI=1S/C19H22O.C10H20O.K/c1-6-17(13-18(7-2)16(5)20)12-15(4)19-10-8-14(3)9-11-19;1-3-5-10(4-2)6-8-11-9-7-10;/h7-11,13H,2,12H2,1,3-5H3;3-9H2,1-2H3;/q-2;;+1/b18-13+;;. The van der Waals surface area contributed by atoms with E-state index in [-0.39, 0.29) is 57.2 Å². The summed E-state index contributed by atoms with van der Waals surface area (Å²) in [4.78, 5) is 11.4. The molecule has 0 saturated carbocycles. The van der Waals surface area contributed by atoms with Gasteiger partial charge in [0.25, 0.3) is 0 Å². The van der Waals surface area contributed by atoms with Crippen molar-refractivity contribution < 1.29 is 60.9 Å². The van der Waals surface area contributed by atoms with Crippen LogP contribution in [0.1, 0.15) is 84.3 Å². The fraction of sp³-hybridized carbons (Fsp3) is 0.517. The number of hydrogen-bond donors (Lipinski definition) is 0. The number of Topliss-reactive ketones (excluding diaryl/α,β-unsaturated/α-hetero) is 1. The second-order valence-corrected chi connectivity index (χ2v) is 8.67. The number of carbonyl (C=O) groups is 1. The molecular formula is C29H42KO2-. The first kappa shape index (κ1) is 31.6. The zero-order chi connectivity index (χ0) is 23.3. The van der Waals surface area contributed by atoms with Gasteiger partial charge < -0.3 is 4.74 Å². The third-order valence-electron chi connectivity index (χ3n) is 6.36. The van der Waals surface area contributed by atoms with Gasteiger partial charge in [-0.25, -0.2) is 5.57 Å². The Hall–Kier alpha value is -0.424. The van der Waals surface area contributed by atoms with Gasteiger partial charge in [0.15, 0.2) is 0 Å². The summed E-state index contributed by atoms with van der Waals surface area (Å²) in [5, 5.41) is 0. The maximum Gasteiger partial charge on any atom is 1.00 e. The van der Waals surface area contributed by atoms with E-state index in [4.69, 9.17) is 4.74 Å². The number of allylic oxidation sites excluding steroid dienone is 5. The summed E-state index contributed by atoms with van der Waals surface area (Å²) in [5.74, 6) is 1.29. The van der Waals surface area contributed by atoms with Crippen LogP contribution in [0, 0.1) is 24.3 Å². The van der Waals surface area contributed by atoms with E-state index in [1.807, 2.05) is 13.0 Å². The van der Waals surface area contributed by atoms with Crippen LogP contribution in [0.15, 0.2) is 54.1 Å². The van der Waals surface area contributed by atoms with E-state index in [1.165, 1.54) is 49.1 Å². The van der Waals surface area contributed by atoms with E-state index in [1.54, 1.807) is 13.0 Å². The van der Waals surface area contributed by atoms with E-state index in [2.05, 4.69) is 64.6 Å². The molecule has 1 aromatic rings. The molecule has 0 N–H and O–H groups in total. The Labute approximate surface area is 240 Å². The Kier molecular flexibility index (Phi) is 16.9. The van der Waals surface area contributed by atoms with Crippen molar-refractivity contribution in [2.45, 2.75) is 80.1 Å². The van der Waals surface area contributed by atoms with Gasteiger partial charge in [0, 0.05) is 13.2 Å². The van der Waals surface area contributed by atoms with Crippen molar-refractivity contribution in [3.8, 4) is 0 Å². The molecule has 32 heavy (non-hydrogen) atoms. The van der Waals surface area contributed by atoms with E-state index < -0.39 is 0 Å². The number of ketones is 1. The third kappa shape index (κ3) is 11.1. The smallest absolute Gasteiger partial charge is 0.381 e. The summed E-state index contributed by atoms with van der Waals surface area (Å²) in [6, 6.07) is 8.47. The van der Waals surface area contributed by atoms with Crippen LogP contribution < -0.4 is 51.4 Å². The maximum absolute atomic E-state index is 11.4. The first-order valence-electron chi connectivity index (χ1n) is 11.7. The molecular weight excluding hydrogens is 419 g/mol. The SMILES string of the molecule is C=C/C(=C\C(=[C-]C)C[C-](C)c1ccc(C)cc1)C(C)=O.CCCC1(CC)CCOCC1.[K+]. The zero-order valence-electron chi connectivity index (χ0n) is 21.6. The van der Waals surface area contributed by atoms with Crippen molar-refractivity contribution in [1.29, 1.82) is 0 Å². The quantitative estimate of drug-likeness (QED) is 0.229. The van der Waals surface area contributed by atoms with Crippen LogP contribution in [0.25, 0.3) is 0 Å². The summed E-state index contributed by atoms with van der Waals surface area (Å²) in [6.07, 6.45) is 14.0. The Morgan fingerprint density at radius 2 is 1.81 bits per heavy atom. The third-order valence-corrected chi connectivity index (χ3v) is 6.36. The number of hydrogen-bond acceptors (Lipinski definition) is 2. The minimum Gasteiger partial charge on any atom is -0.381 e. The first-order chi connectivity index (χ1) is 14.8. The molecule has 1 saturated heterocycles. The molecule has 1 aromatic carbocycles. The van der Waals surface area contributed by atoms with Crippen LogP contribution >= 0.6 is 0 Å². The van der Waals surface area contributed by atoms with Gasteiger partial charge >= 0.3 is 51.4 Å². The number of aryl methyl sites for hydroxylation is 1. The Balaban J connectivity index is 0.000000679. The monoisotopic (exact) mass is 461 g/mol. The number of rotatable bonds is 9. The van der Waals surface area contributed by atoms with E-state index in [0.717, 1.165) is 25.2 Å². The molecule has 1 heterocycles. The second-order valence-electron chi connectivity index (χ2n) is 8.67. The molecule has 0 spiro atoms. The molecule has 172 valence electrons. The molecule has 0 aromatic heterocycles. The molecule has 1 fully saturated rings. The van der Waals surface area contributed by atoms with Crippen molar-refractivity contribution >= 4 is 5.78 Å². The van der Waals surface area contributed by atoms with E-state index >= 15 is 0 Å². The van der Waals surface area contributed by atoms with Gasteiger partial charge in [0.2, 0.25) is 0 Å². The normalized spacial score (nSPS) is 15.7. The van der Waals surface area contributed by atoms with Gasteiger partial charge in [-0.2, -0.15) is 29.7 Å². The molecule has 0 radical (unpaired) electrons. The molecule has 0 atom stereocenters. The number of benzene rings is 1. The van der Waals surface area contributed by atoms with Gasteiger partial charge in [-0.1, -0.05) is 63.8 Å². The molecule has 2 rings (SSSR count). The van der Waals surface area contributed by atoms with E-state index in [9.17, 15) is 4.79 Å². The number of ether oxygens (including phenoxy) is 1. The van der Waals surface area contributed by atoms with Crippen LogP contribution in [0.3, 0.4) is 0 Å². The summed E-state index contributed by atoms with van der Waals surface area (Å²) in [6.45, 7) is 17.9. The van der Waals surface area contributed by atoms with Crippen LogP contribution in [0.2, 0.25) is 0 Å². The predicted octanol–water partition coefficient (Wildman–Crippen LogP) is 4.78. The van der Waals surface area contributed by atoms with Crippen LogP contribution in [-0.4, -0.2) is 19.0 Å². The fourth-order valence-electron chi connectivity index (χ4n) is 4.04. The summed E-state index contributed by atoms with van der Waals surface area (Å²) in [7, 11) is 0. The van der Waals surface area contributed by atoms with Crippen molar-refractivity contribution in [2.24, 2.45) is 5.41 Å². The van der Waals surface area contributed by atoms with Gasteiger partial charge in [0.05, 0.1) is 0 Å². The molecule has 1 aliphatic rings. The average molecular weight is 462 g/mol. The first-order valence-corrected chi connectivity index (χ1v) is 11.7. The van der Waals surface area contributed by atoms with Crippen LogP contribution in [0.5, 0.6) is 0 Å². The van der Waals surface area contributed by atoms with Crippen LogP contribution in [-0.2, 0) is 9.53 Å². The van der Waals surface area contributed by atoms with Crippen molar-refractivity contribution in [2.75, 3.05) is 13.2 Å². The predicted molar refractivity (Wildman–Crippen MR) is 133 cm³/mol. The molecule has 1 aliphatic heterocycles. The zero-order valence-corrected chi connectivity index (χ0v) is 24.8. The average Bonchev–Trinajstić information content (AvgIpc) is 2.78. The topological polar surface area (TPSA) is 26.3 Å². The van der Waals surface area contributed by atoms with Gasteiger partial charge in [0.1, 0.15) is 5.78 Å². The molecule has 0 amide bonds. The molecule has 3 heteroatoms. The Morgan fingerprint density at radius 3 is 2.25 bits per heavy atom.